The van der Waals surface area contributed by atoms with Gasteiger partial charge in [-0.25, -0.2) is 9.07 Å². The van der Waals surface area contributed by atoms with E-state index >= 15 is 0 Å². The van der Waals surface area contributed by atoms with Crippen molar-refractivity contribution in [1.29, 1.82) is 0 Å². The predicted molar refractivity (Wildman–Crippen MR) is 103 cm³/mol. The number of benzene rings is 1. The Morgan fingerprint density at radius 1 is 1.28 bits per heavy atom. The highest BCUT2D eigenvalue weighted by molar-refractivity contribution is 5.87. The van der Waals surface area contributed by atoms with Crippen molar-refractivity contribution in [2.24, 2.45) is 5.92 Å². The summed E-state index contributed by atoms with van der Waals surface area (Å²) < 4.78 is 21.2. The molecule has 2 aromatic heterocycles. The van der Waals surface area contributed by atoms with E-state index in [4.69, 9.17) is 4.74 Å². The Balaban J connectivity index is 1.56. The zero-order chi connectivity index (χ0) is 20.5. The summed E-state index contributed by atoms with van der Waals surface area (Å²) in [7, 11) is 0. The van der Waals surface area contributed by atoms with E-state index in [1.807, 2.05) is 0 Å². The minimum atomic E-state index is -0.434. The van der Waals surface area contributed by atoms with Crippen LogP contribution in [0.25, 0.3) is 16.4 Å². The van der Waals surface area contributed by atoms with Crippen LogP contribution in [0.5, 0.6) is 0 Å². The van der Waals surface area contributed by atoms with E-state index in [2.05, 4.69) is 5.10 Å². The first-order chi connectivity index (χ1) is 14.0. The van der Waals surface area contributed by atoms with E-state index in [0.717, 1.165) is 4.68 Å². The second kappa shape index (κ2) is 7.65. The number of aromatic nitrogens is 3. The van der Waals surface area contributed by atoms with Gasteiger partial charge in [-0.3, -0.25) is 18.8 Å². The van der Waals surface area contributed by atoms with Gasteiger partial charge in [0.05, 0.1) is 18.0 Å². The normalized spacial score (nSPS) is 17.0. The molecule has 0 N–H and O–H groups in total. The maximum absolute atomic E-state index is 13.5. The molecule has 1 saturated heterocycles. The lowest BCUT2D eigenvalue weighted by Gasteiger charge is -2.31. The summed E-state index contributed by atoms with van der Waals surface area (Å²) in [6.45, 7) is 2.64. The van der Waals surface area contributed by atoms with Crippen LogP contribution in [0.4, 0.5) is 4.39 Å². The van der Waals surface area contributed by atoms with E-state index in [9.17, 15) is 18.8 Å². The molecule has 0 radical (unpaired) electrons. The van der Waals surface area contributed by atoms with Crippen molar-refractivity contribution in [1.82, 2.24) is 19.1 Å². The second-order valence-corrected chi connectivity index (χ2v) is 7.13. The van der Waals surface area contributed by atoms with Gasteiger partial charge in [0.1, 0.15) is 24.2 Å². The fraction of sp³-hybridized carbons (Fsp3) is 0.400. The first-order valence-corrected chi connectivity index (χ1v) is 9.58. The van der Waals surface area contributed by atoms with Crippen molar-refractivity contribution in [3.8, 4) is 0 Å². The van der Waals surface area contributed by atoms with E-state index in [1.54, 1.807) is 28.4 Å². The van der Waals surface area contributed by atoms with E-state index < -0.39 is 11.4 Å². The summed E-state index contributed by atoms with van der Waals surface area (Å²) in [6.07, 6.45) is 2.83. The van der Waals surface area contributed by atoms with Crippen LogP contribution in [0.3, 0.4) is 0 Å². The number of amides is 1. The molecule has 1 amide bonds. The third-order valence-corrected chi connectivity index (χ3v) is 5.24. The molecule has 1 aromatic carbocycles. The third-order valence-electron chi connectivity index (χ3n) is 5.24. The lowest BCUT2D eigenvalue weighted by atomic mass is 9.98. The van der Waals surface area contributed by atoms with Crippen molar-refractivity contribution in [2.75, 3.05) is 19.7 Å². The molecule has 1 atom stereocenters. The van der Waals surface area contributed by atoms with Crippen molar-refractivity contribution >= 4 is 28.3 Å². The first-order valence-electron chi connectivity index (χ1n) is 9.58. The molecule has 8 nitrogen and oxygen atoms in total. The Bertz CT molecular complexity index is 1150. The topological polar surface area (TPSA) is 85.9 Å². The van der Waals surface area contributed by atoms with Crippen LogP contribution in [0.15, 0.2) is 35.4 Å². The van der Waals surface area contributed by atoms with Gasteiger partial charge in [-0.1, -0.05) is 0 Å². The zero-order valence-electron chi connectivity index (χ0n) is 16.0. The Morgan fingerprint density at radius 3 is 2.90 bits per heavy atom. The molecule has 152 valence electrons. The van der Waals surface area contributed by atoms with Crippen LogP contribution in [-0.4, -0.2) is 50.7 Å². The zero-order valence-corrected chi connectivity index (χ0v) is 16.0. The fourth-order valence-corrected chi connectivity index (χ4v) is 3.79. The molecule has 0 spiro atoms. The minimum Gasteiger partial charge on any atom is -0.466 e. The summed E-state index contributed by atoms with van der Waals surface area (Å²) in [5, 5.41) is 4.69. The van der Waals surface area contributed by atoms with Crippen LogP contribution in [0.1, 0.15) is 19.8 Å². The molecule has 9 heteroatoms. The Labute approximate surface area is 165 Å². The average Bonchev–Trinajstić information content (AvgIpc) is 3.08. The highest BCUT2D eigenvalue weighted by atomic mass is 19.1. The molecule has 3 aromatic rings. The minimum absolute atomic E-state index is 0.221. The van der Waals surface area contributed by atoms with Crippen molar-refractivity contribution in [2.45, 2.75) is 26.3 Å². The standard InChI is InChI=1S/C20H21FN4O4/c1-2-29-20(28)13-4-3-7-23(10-13)18(26)11-25-19(27)17-9-14-8-15(21)5-6-16(14)24(17)12-22-25/h5-6,8-9,12-13H,2-4,7,10-11H2,1H3/t13-/m0/s1. The number of hydrogen-bond acceptors (Lipinski definition) is 5. The maximum atomic E-state index is 13.5. The molecule has 1 aliphatic heterocycles. The van der Waals surface area contributed by atoms with E-state index in [0.29, 0.717) is 42.4 Å². The van der Waals surface area contributed by atoms with E-state index in [1.165, 1.54) is 18.5 Å². The summed E-state index contributed by atoms with van der Waals surface area (Å²) in [5.41, 5.74) is 0.547. The van der Waals surface area contributed by atoms with Gasteiger partial charge >= 0.3 is 5.97 Å². The van der Waals surface area contributed by atoms with Crippen LogP contribution in [0, 0.1) is 11.7 Å². The number of carbonyl (C=O) groups is 2. The lowest BCUT2D eigenvalue weighted by molar-refractivity contribution is -0.151. The number of halogens is 1. The summed E-state index contributed by atoms with van der Waals surface area (Å²) in [6, 6.07) is 5.83. The molecule has 29 heavy (non-hydrogen) atoms. The highest BCUT2D eigenvalue weighted by Crippen LogP contribution is 2.20. The molecule has 3 heterocycles. The van der Waals surface area contributed by atoms with Gasteiger partial charge in [-0.05, 0) is 44.0 Å². The van der Waals surface area contributed by atoms with E-state index in [-0.39, 0.29) is 30.9 Å². The van der Waals surface area contributed by atoms with Crippen LogP contribution in [0.2, 0.25) is 0 Å². The lowest BCUT2D eigenvalue weighted by Crippen LogP contribution is -2.45. The molecule has 0 aliphatic carbocycles. The average molecular weight is 400 g/mol. The number of nitrogens with zero attached hydrogens (tertiary/aromatic N) is 4. The number of rotatable bonds is 4. The number of piperidine rings is 1. The Morgan fingerprint density at radius 2 is 2.10 bits per heavy atom. The molecule has 0 saturated carbocycles. The number of fused-ring (bicyclic) bond motifs is 3. The quantitative estimate of drug-likeness (QED) is 0.621. The maximum Gasteiger partial charge on any atom is 0.310 e. The van der Waals surface area contributed by atoms with Crippen LogP contribution >= 0.6 is 0 Å². The molecular formula is C20H21FN4O4. The van der Waals surface area contributed by atoms with Crippen molar-refractivity contribution in [3.63, 3.8) is 0 Å². The molecule has 1 aliphatic rings. The van der Waals surface area contributed by atoms with Gasteiger partial charge in [-0.2, -0.15) is 5.10 Å². The molecule has 0 unspecified atom stereocenters. The van der Waals surface area contributed by atoms with Gasteiger partial charge in [0, 0.05) is 18.5 Å². The predicted octanol–water partition coefficient (Wildman–Crippen LogP) is 1.59. The first kappa shape index (κ1) is 19.1. The number of ether oxygens (including phenoxy) is 1. The van der Waals surface area contributed by atoms with Gasteiger partial charge in [0.15, 0.2) is 0 Å². The van der Waals surface area contributed by atoms with Crippen molar-refractivity contribution in [3.05, 3.63) is 46.8 Å². The third kappa shape index (κ3) is 3.59. The van der Waals surface area contributed by atoms with Crippen LogP contribution in [-0.2, 0) is 20.9 Å². The summed E-state index contributed by atoms with van der Waals surface area (Å²) in [4.78, 5) is 39.1. The number of hydrogen-bond donors (Lipinski definition) is 0. The molecular weight excluding hydrogens is 379 g/mol. The fourth-order valence-electron chi connectivity index (χ4n) is 3.79. The molecule has 1 fully saturated rings. The highest BCUT2D eigenvalue weighted by Gasteiger charge is 2.29. The number of esters is 1. The smallest absolute Gasteiger partial charge is 0.310 e. The monoisotopic (exact) mass is 400 g/mol. The van der Waals surface area contributed by atoms with Gasteiger partial charge in [0.25, 0.3) is 5.56 Å². The second-order valence-electron chi connectivity index (χ2n) is 7.13. The summed E-state index contributed by atoms with van der Waals surface area (Å²) >= 11 is 0. The SMILES string of the molecule is CCOC(=O)[C@H]1CCCN(C(=O)Cn2ncn3c(cc4cc(F)ccc43)c2=O)C1. The number of carbonyl (C=O) groups excluding carboxylic acids is 2. The number of likely N-dealkylation sites (tertiary alicyclic amines) is 1. The Hall–Kier alpha value is -3.23. The summed E-state index contributed by atoms with van der Waals surface area (Å²) in [5.74, 6) is -1.31. The van der Waals surface area contributed by atoms with Gasteiger partial charge in [-0.15, -0.1) is 0 Å². The molecule has 0 bridgehead atoms. The van der Waals surface area contributed by atoms with Crippen molar-refractivity contribution < 1.29 is 18.7 Å². The van der Waals surface area contributed by atoms with Gasteiger partial charge < -0.3 is 9.64 Å². The van der Waals surface area contributed by atoms with Gasteiger partial charge in [0.2, 0.25) is 5.91 Å². The largest absolute Gasteiger partial charge is 0.466 e. The van der Waals surface area contributed by atoms with Crippen LogP contribution < -0.4 is 5.56 Å². The Kier molecular flexibility index (Phi) is 5.04. The molecule has 4 rings (SSSR count).